The van der Waals surface area contributed by atoms with Gasteiger partial charge in [0.15, 0.2) is 0 Å². The molecule has 0 radical (unpaired) electrons. The van der Waals surface area contributed by atoms with Crippen LogP contribution < -0.4 is 0 Å². The lowest BCUT2D eigenvalue weighted by Gasteiger charge is -2.23. The van der Waals surface area contributed by atoms with Gasteiger partial charge >= 0.3 is 0 Å². The van der Waals surface area contributed by atoms with Crippen molar-refractivity contribution in [2.75, 3.05) is 19.8 Å². The van der Waals surface area contributed by atoms with Gasteiger partial charge in [-0.1, -0.05) is 64.0 Å². The van der Waals surface area contributed by atoms with Gasteiger partial charge in [0.2, 0.25) is 0 Å². The van der Waals surface area contributed by atoms with Gasteiger partial charge in [-0.05, 0) is 32.1 Å². The fraction of sp³-hybridized carbons (Fsp3) is 0.909. The molecule has 4 atom stereocenters. The average molecular weight is 387 g/mol. The Kier molecular flexibility index (Phi) is 15.0. The topological polar surface area (TPSA) is 79.2 Å². The molecule has 0 spiro atoms. The van der Waals surface area contributed by atoms with Gasteiger partial charge in [-0.15, -0.1) is 0 Å². The fourth-order valence-corrected chi connectivity index (χ4v) is 3.47. The minimum atomic E-state index is -1.01. The van der Waals surface area contributed by atoms with Gasteiger partial charge in [0, 0.05) is 6.61 Å². The lowest BCUT2D eigenvalue weighted by atomic mass is 10.1. The summed E-state index contributed by atoms with van der Waals surface area (Å²) in [5.41, 5.74) is 0. The number of unbranched alkanes of at least 4 members (excludes halogenated alkanes) is 10. The van der Waals surface area contributed by atoms with E-state index >= 15 is 0 Å². The summed E-state index contributed by atoms with van der Waals surface area (Å²) in [7, 11) is 0. The molecule has 1 fully saturated rings. The van der Waals surface area contributed by atoms with E-state index in [9.17, 15) is 10.2 Å². The molecule has 0 aliphatic carbocycles. The van der Waals surface area contributed by atoms with Crippen molar-refractivity contribution in [2.24, 2.45) is 0 Å². The van der Waals surface area contributed by atoms with Crippen molar-refractivity contribution in [2.45, 2.75) is 108 Å². The van der Waals surface area contributed by atoms with Crippen LogP contribution in [0.25, 0.3) is 0 Å². The van der Waals surface area contributed by atoms with Crippen LogP contribution in [0.1, 0.15) is 84.0 Å². The molecule has 0 saturated carbocycles. The molecule has 1 aliphatic heterocycles. The maximum atomic E-state index is 9.87. The van der Waals surface area contributed by atoms with Crippen molar-refractivity contribution >= 4 is 0 Å². The number of aliphatic hydroxyl groups excluding tert-OH is 3. The van der Waals surface area contributed by atoms with E-state index in [0.717, 1.165) is 25.7 Å². The molecule has 0 aromatic carbocycles. The zero-order chi connectivity index (χ0) is 19.7. The van der Waals surface area contributed by atoms with Crippen LogP contribution in [0.3, 0.4) is 0 Å². The summed E-state index contributed by atoms with van der Waals surface area (Å²) >= 11 is 0. The predicted octanol–water partition coefficient (Wildman–Crippen LogP) is 3.74. The Labute approximate surface area is 165 Å². The highest BCUT2D eigenvalue weighted by molar-refractivity contribution is 4.89. The molecule has 1 rings (SSSR count). The molecule has 0 unspecified atom stereocenters. The van der Waals surface area contributed by atoms with Gasteiger partial charge in [0.1, 0.15) is 24.4 Å². The van der Waals surface area contributed by atoms with Crippen LogP contribution >= 0.6 is 0 Å². The first-order valence-electron chi connectivity index (χ1n) is 11.1. The summed E-state index contributed by atoms with van der Waals surface area (Å²) in [6.07, 6.45) is 16.7. The molecular formula is C22H42O5. The molecule has 27 heavy (non-hydrogen) atoms. The van der Waals surface area contributed by atoms with Crippen molar-refractivity contribution in [3.63, 3.8) is 0 Å². The van der Waals surface area contributed by atoms with Crippen LogP contribution in [0.4, 0.5) is 0 Å². The number of aliphatic hydroxyl groups is 3. The molecule has 5 heteroatoms. The molecule has 160 valence electrons. The second-order valence-electron chi connectivity index (χ2n) is 7.68. The summed E-state index contributed by atoms with van der Waals surface area (Å²) in [4.78, 5) is 0. The van der Waals surface area contributed by atoms with Crippen LogP contribution in [-0.2, 0) is 9.47 Å². The standard InChI is InChI=1S/C22H42O5/c1-2-3-4-5-6-7-8-9-10-11-12-13-14-15-16-26-22-20(25)18-27-21(22)19(24)17-23/h10-11,19-25H,2-9,12-18H2,1H3/b11-10+/t19-,20+,21-,22-/m0/s1. The van der Waals surface area contributed by atoms with Crippen LogP contribution in [0.2, 0.25) is 0 Å². The average Bonchev–Trinajstić information content (AvgIpc) is 3.04. The van der Waals surface area contributed by atoms with Crippen LogP contribution in [0, 0.1) is 0 Å². The third kappa shape index (κ3) is 11.2. The highest BCUT2D eigenvalue weighted by Crippen LogP contribution is 2.21. The molecule has 1 heterocycles. The first-order chi connectivity index (χ1) is 13.2. The molecule has 0 aromatic heterocycles. The van der Waals surface area contributed by atoms with Gasteiger partial charge in [0.05, 0.1) is 13.2 Å². The van der Waals surface area contributed by atoms with E-state index in [0.29, 0.717) is 6.61 Å². The predicted molar refractivity (Wildman–Crippen MR) is 109 cm³/mol. The Morgan fingerprint density at radius 1 is 0.963 bits per heavy atom. The molecular weight excluding hydrogens is 344 g/mol. The first kappa shape index (κ1) is 24.6. The minimum absolute atomic E-state index is 0.149. The van der Waals surface area contributed by atoms with Gasteiger partial charge in [0.25, 0.3) is 0 Å². The Balaban J connectivity index is 1.92. The van der Waals surface area contributed by atoms with Crippen molar-refractivity contribution in [3.05, 3.63) is 12.2 Å². The first-order valence-corrected chi connectivity index (χ1v) is 11.1. The molecule has 3 N–H and O–H groups in total. The molecule has 0 bridgehead atoms. The molecule has 1 aliphatic rings. The maximum absolute atomic E-state index is 9.87. The minimum Gasteiger partial charge on any atom is -0.394 e. The fourth-order valence-electron chi connectivity index (χ4n) is 3.47. The highest BCUT2D eigenvalue weighted by Gasteiger charge is 2.40. The molecule has 1 saturated heterocycles. The smallest absolute Gasteiger partial charge is 0.114 e. The van der Waals surface area contributed by atoms with Gasteiger partial charge < -0.3 is 24.8 Å². The number of hydrogen-bond donors (Lipinski definition) is 3. The maximum Gasteiger partial charge on any atom is 0.114 e. The Morgan fingerprint density at radius 2 is 1.56 bits per heavy atom. The molecule has 5 nitrogen and oxygen atoms in total. The van der Waals surface area contributed by atoms with Crippen molar-refractivity contribution < 1.29 is 24.8 Å². The van der Waals surface area contributed by atoms with E-state index in [2.05, 4.69) is 19.1 Å². The van der Waals surface area contributed by atoms with Gasteiger partial charge in [-0.25, -0.2) is 0 Å². The van der Waals surface area contributed by atoms with Gasteiger partial charge in [-0.2, -0.15) is 0 Å². The Bertz CT molecular complexity index is 361. The van der Waals surface area contributed by atoms with E-state index in [4.69, 9.17) is 14.6 Å². The number of rotatable bonds is 17. The number of ether oxygens (including phenoxy) is 2. The largest absolute Gasteiger partial charge is 0.394 e. The van der Waals surface area contributed by atoms with E-state index in [1.807, 2.05) is 0 Å². The third-order valence-corrected chi connectivity index (χ3v) is 5.20. The second-order valence-corrected chi connectivity index (χ2v) is 7.68. The zero-order valence-corrected chi connectivity index (χ0v) is 17.2. The van der Waals surface area contributed by atoms with E-state index < -0.39 is 24.4 Å². The Hall–Kier alpha value is -0.460. The number of allylic oxidation sites excluding steroid dienone is 2. The summed E-state index contributed by atoms with van der Waals surface area (Å²) in [6, 6.07) is 0. The Morgan fingerprint density at radius 3 is 2.19 bits per heavy atom. The van der Waals surface area contributed by atoms with E-state index in [1.54, 1.807) is 0 Å². The lowest BCUT2D eigenvalue weighted by Crippen LogP contribution is -2.42. The summed E-state index contributed by atoms with van der Waals surface area (Å²) in [5.74, 6) is 0. The van der Waals surface area contributed by atoms with Crippen LogP contribution in [0.5, 0.6) is 0 Å². The van der Waals surface area contributed by atoms with E-state index in [-0.39, 0.29) is 13.2 Å². The summed E-state index contributed by atoms with van der Waals surface area (Å²) in [5, 5.41) is 28.6. The zero-order valence-electron chi connectivity index (χ0n) is 17.2. The number of hydrogen-bond acceptors (Lipinski definition) is 5. The second kappa shape index (κ2) is 16.5. The molecule has 0 aromatic rings. The van der Waals surface area contributed by atoms with Gasteiger partial charge in [-0.3, -0.25) is 0 Å². The highest BCUT2D eigenvalue weighted by atomic mass is 16.6. The van der Waals surface area contributed by atoms with Crippen molar-refractivity contribution in [1.29, 1.82) is 0 Å². The third-order valence-electron chi connectivity index (χ3n) is 5.20. The normalized spacial score (nSPS) is 24.1. The summed E-state index contributed by atoms with van der Waals surface area (Å²) < 4.78 is 11.0. The van der Waals surface area contributed by atoms with Crippen molar-refractivity contribution in [1.82, 2.24) is 0 Å². The lowest BCUT2D eigenvalue weighted by molar-refractivity contribution is -0.0937. The van der Waals surface area contributed by atoms with Crippen LogP contribution in [-0.4, -0.2) is 59.6 Å². The van der Waals surface area contributed by atoms with Crippen molar-refractivity contribution in [3.8, 4) is 0 Å². The summed E-state index contributed by atoms with van der Waals surface area (Å²) in [6.45, 7) is 2.56. The van der Waals surface area contributed by atoms with E-state index in [1.165, 1.54) is 51.4 Å². The van der Waals surface area contributed by atoms with Crippen LogP contribution in [0.15, 0.2) is 12.2 Å². The molecule has 0 amide bonds. The monoisotopic (exact) mass is 386 g/mol. The SMILES string of the molecule is CCCCCCCCC/C=C/CCCCCO[C@@H]1[C@H]([C@@H](O)CO)OC[C@H]1O. The quantitative estimate of drug-likeness (QED) is 0.262.